The standard InChI is InChI=1S/C30H43N3O7S/c1-21-18-33(22(2)20-34)30(36)26-17-25(31-41(5,37)38)14-15-27(26)40-23(3)11-9-10-16-39-28(21)19-32(4)29(35)24-12-7-6-8-13-24/h6-8,12-15,17,21-23,28,31,34H,9-11,16,18-20H2,1-5H3/t21-,22-,23-,28-/m1/s1. The summed E-state index contributed by atoms with van der Waals surface area (Å²) < 4.78 is 38.7. The van der Waals surface area contributed by atoms with Crippen LogP contribution in [0.5, 0.6) is 5.75 Å². The molecule has 2 N–H and O–H groups in total. The Bertz CT molecular complexity index is 1270. The van der Waals surface area contributed by atoms with E-state index in [4.69, 9.17) is 9.47 Å². The quantitative estimate of drug-likeness (QED) is 0.505. The molecule has 0 saturated heterocycles. The lowest BCUT2D eigenvalue weighted by atomic mass is 10.0. The first-order valence-electron chi connectivity index (χ1n) is 14.0. The summed E-state index contributed by atoms with van der Waals surface area (Å²) in [5.41, 5.74) is 1.02. The van der Waals surface area contributed by atoms with Crippen molar-refractivity contribution in [2.24, 2.45) is 5.92 Å². The van der Waals surface area contributed by atoms with Gasteiger partial charge in [0.05, 0.1) is 36.7 Å². The van der Waals surface area contributed by atoms with E-state index in [1.165, 1.54) is 6.07 Å². The van der Waals surface area contributed by atoms with Crippen LogP contribution in [-0.2, 0) is 14.8 Å². The number of carbonyl (C=O) groups is 2. The lowest BCUT2D eigenvalue weighted by molar-refractivity contribution is -0.0149. The molecule has 0 spiro atoms. The molecule has 0 aromatic heterocycles. The Labute approximate surface area is 243 Å². The first kappa shape index (κ1) is 32.4. The number of amides is 2. The monoisotopic (exact) mass is 589 g/mol. The highest BCUT2D eigenvalue weighted by atomic mass is 32.2. The van der Waals surface area contributed by atoms with Crippen LogP contribution in [0.4, 0.5) is 5.69 Å². The maximum absolute atomic E-state index is 14.1. The van der Waals surface area contributed by atoms with E-state index in [-0.39, 0.29) is 48.4 Å². The number of sulfonamides is 1. The fourth-order valence-corrected chi connectivity index (χ4v) is 5.37. The van der Waals surface area contributed by atoms with Gasteiger partial charge in [0.15, 0.2) is 0 Å². The number of anilines is 1. The first-order chi connectivity index (χ1) is 19.4. The number of fused-ring (bicyclic) bond motifs is 1. The lowest BCUT2D eigenvalue weighted by Crippen LogP contribution is -2.48. The number of likely N-dealkylation sites (N-methyl/N-ethyl adjacent to an activating group) is 1. The molecule has 0 saturated carbocycles. The van der Waals surface area contributed by atoms with Crippen LogP contribution in [0.1, 0.15) is 60.7 Å². The summed E-state index contributed by atoms with van der Waals surface area (Å²) in [6.45, 7) is 6.41. The minimum atomic E-state index is -3.57. The fourth-order valence-electron chi connectivity index (χ4n) is 4.82. The number of rotatable bonds is 7. The average molecular weight is 590 g/mol. The van der Waals surface area contributed by atoms with Crippen molar-refractivity contribution in [2.45, 2.75) is 58.3 Å². The third-order valence-electron chi connectivity index (χ3n) is 7.18. The Morgan fingerprint density at radius 3 is 2.54 bits per heavy atom. The SMILES string of the molecule is C[C@@H]1CCCCO[C@H](CN(C)C(=O)c2ccccc2)[C@H](C)CN([C@H](C)CO)C(=O)c2cc(NS(C)(=O)=O)ccc2O1. The van der Waals surface area contributed by atoms with Gasteiger partial charge in [-0.3, -0.25) is 14.3 Å². The van der Waals surface area contributed by atoms with Crippen LogP contribution in [0.2, 0.25) is 0 Å². The molecule has 0 radical (unpaired) electrons. The first-order valence-corrected chi connectivity index (χ1v) is 15.9. The molecule has 41 heavy (non-hydrogen) atoms. The molecule has 2 amide bonds. The van der Waals surface area contributed by atoms with Gasteiger partial charge < -0.3 is 24.4 Å². The summed E-state index contributed by atoms with van der Waals surface area (Å²) in [7, 11) is -1.84. The van der Waals surface area contributed by atoms with E-state index in [0.717, 1.165) is 25.5 Å². The molecule has 3 rings (SSSR count). The molecule has 4 atom stereocenters. The molecule has 0 bridgehead atoms. The Balaban J connectivity index is 1.95. The molecule has 226 valence electrons. The van der Waals surface area contributed by atoms with Gasteiger partial charge in [-0.1, -0.05) is 25.1 Å². The van der Waals surface area contributed by atoms with Crippen molar-refractivity contribution < 1.29 is 32.6 Å². The molecule has 1 aliphatic heterocycles. The van der Waals surface area contributed by atoms with Gasteiger partial charge in [-0.15, -0.1) is 0 Å². The van der Waals surface area contributed by atoms with Gasteiger partial charge >= 0.3 is 0 Å². The molecule has 10 nitrogen and oxygen atoms in total. The smallest absolute Gasteiger partial charge is 0.258 e. The van der Waals surface area contributed by atoms with Gasteiger partial charge in [-0.05, 0) is 63.4 Å². The zero-order chi connectivity index (χ0) is 30.2. The van der Waals surface area contributed by atoms with Gasteiger partial charge in [0, 0.05) is 43.9 Å². The van der Waals surface area contributed by atoms with Gasteiger partial charge in [-0.2, -0.15) is 0 Å². The summed E-state index contributed by atoms with van der Waals surface area (Å²) in [4.78, 5) is 30.3. The molecule has 0 aliphatic carbocycles. The minimum absolute atomic E-state index is 0.122. The second kappa shape index (κ2) is 14.7. The molecule has 2 aromatic carbocycles. The molecule has 1 heterocycles. The number of carbonyl (C=O) groups excluding carboxylic acids is 2. The molecule has 2 aromatic rings. The predicted octanol–water partition coefficient (Wildman–Crippen LogP) is 3.63. The molecular formula is C30H43N3O7S. The van der Waals surface area contributed by atoms with Gasteiger partial charge in [-0.25, -0.2) is 8.42 Å². The van der Waals surface area contributed by atoms with Crippen LogP contribution >= 0.6 is 0 Å². The summed E-state index contributed by atoms with van der Waals surface area (Å²) in [5.74, 6) is -0.379. The van der Waals surface area contributed by atoms with Gasteiger partial charge in [0.2, 0.25) is 10.0 Å². The topological polar surface area (TPSA) is 125 Å². The van der Waals surface area contributed by atoms with E-state index in [0.29, 0.717) is 24.5 Å². The number of hydrogen-bond acceptors (Lipinski definition) is 7. The van der Waals surface area contributed by atoms with Crippen LogP contribution in [0, 0.1) is 5.92 Å². The molecular weight excluding hydrogens is 546 g/mol. The highest BCUT2D eigenvalue weighted by Crippen LogP contribution is 2.29. The van der Waals surface area contributed by atoms with E-state index in [1.54, 1.807) is 48.0 Å². The van der Waals surface area contributed by atoms with E-state index < -0.39 is 22.0 Å². The number of nitrogens with one attached hydrogen (secondary N) is 1. The van der Waals surface area contributed by atoms with Gasteiger partial charge in [0.1, 0.15) is 5.75 Å². The molecule has 11 heteroatoms. The highest BCUT2D eigenvalue weighted by molar-refractivity contribution is 7.92. The van der Waals surface area contributed by atoms with Crippen LogP contribution in [0.3, 0.4) is 0 Å². The van der Waals surface area contributed by atoms with E-state index in [2.05, 4.69) is 4.72 Å². The summed E-state index contributed by atoms with van der Waals surface area (Å²) in [5, 5.41) is 10.1. The third-order valence-corrected chi connectivity index (χ3v) is 7.78. The summed E-state index contributed by atoms with van der Waals surface area (Å²) in [6.07, 6.45) is 2.83. The van der Waals surface area contributed by atoms with Crippen molar-refractivity contribution in [3.05, 3.63) is 59.7 Å². The lowest BCUT2D eigenvalue weighted by Gasteiger charge is -2.36. The number of nitrogens with zero attached hydrogens (tertiary/aromatic N) is 2. The van der Waals surface area contributed by atoms with Crippen molar-refractivity contribution >= 4 is 27.5 Å². The zero-order valence-electron chi connectivity index (χ0n) is 24.6. The van der Waals surface area contributed by atoms with Crippen LogP contribution in [0.25, 0.3) is 0 Å². The van der Waals surface area contributed by atoms with Crippen molar-refractivity contribution in [1.82, 2.24) is 9.80 Å². The Morgan fingerprint density at radius 1 is 1.17 bits per heavy atom. The van der Waals surface area contributed by atoms with Crippen LogP contribution < -0.4 is 9.46 Å². The summed E-state index contributed by atoms with van der Waals surface area (Å²) >= 11 is 0. The van der Waals surface area contributed by atoms with Crippen molar-refractivity contribution in [2.75, 3.05) is 44.3 Å². The third kappa shape index (κ3) is 9.44. The van der Waals surface area contributed by atoms with Crippen LogP contribution in [-0.4, -0.2) is 93.0 Å². The van der Waals surface area contributed by atoms with Crippen LogP contribution in [0.15, 0.2) is 48.5 Å². The molecule has 1 aliphatic rings. The highest BCUT2D eigenvalue weighted by Gasteiger charge is 2.31. The predicted molar refractivity (Wildman–Crippen MR) is 159 cm³/mol. The number of hydrogen-bond donors (Lipinski definition) is 2. The van der Waals surface area contributed by atoms with E-state index in [1.807, 2.05) is 32.0 Å². The largest absolute Gasteiger partial charge is 0.490 e. The Hall–Kier alpha value is -3.15. The minimum Gasteiger partial charge on any atom is -0.490 e. The number of benzene rings is 2. The number of ether oxygens (including phenoxy) is 2. The van der Waals surface area contributed by atoms with Gasteiger partial charge in [0.25, 0.3) is 11.8 Å². The van der Waals surface area contributed by atoms with Crippen molar-refractivity contribution in [3.63, 3.8) is 0 Å². The van der Waals surface area contributed by atoms with Crippen molar-refractivity contribution in [3.8, 4) is 5.75 Å². The Kier molecular flexibility index (Phi) is 11.6. The fraction of sp³-hybridized carbons (Fsp3) is 0.533. The Morgan fingerprint density at radius 2 is 1.88 bits per heavy atom. The normalized spacial score (nSPS) is 21.7. The van der Waals surface area contributed by atoms with E-state index in [9.17, 15) is 23.1 Å². The maximum atomic E-state index is 14.1. The maximum Gasteiger partial charge on any atom is 0.258 e. The molecule has 0 unspecified atom stereocenters. The number of aliphatic hydroxyl groups is 1. The second-order valence-corrected chi connectivity index (χ2v) is 12.7. The zero-order valence-corrected chi connectivity index (χ0v) is 25.4. The number of aliphatic hydroxyl groups excluding tert-OH is 1. The average Bonchev–Trinajstić information content (AvgIpc) is 2.93. The van der Waals surface area contributed by atoms with Crippen molar-refractivity contribution in [1.29, 1.82) is 0 Å². The molecule has 0 fully saturated rings. The summed E-state index contributed by atoms with van der Waals surface area (Å²) in [6, 6.07) is 13.1. The second-order valence-electron chi connectivity index (χ2n) is 10.9. The van der Waals surface area contributed by atoms with E-state index >= 15 is 0 Å².